The fraction of sp³-hybridized carbons (Fsp3) is 0.938. The molecule has 0 aromatic rings. The molecule has 3 atom stereocenters. The van der Waals surface area contributed by atoms with Gasteiger partial charge in [-0.25, -0.2) is 4.79 Å². The third-order valence-electron chi connectivity index (χ3n) is 4.87. The molecule has 0 aromatic carbocycles. The summed E-state index contributed by atoms with van der Waals surface area (Å²) >= 11 is 0. The van der Waals surface area contributed by atoms with E-state index >= 15 is 0 Å². The summed E-state index contributed by atoms with van der Waals surface area (Å²) in [5, 5.41) is 3.06. The van der Waals surface area contributed by atoms with Crippen LogP contribution in [0, 0.1) is 11.8 Å². The Morgan fingerprint density at radius 2 is 2.10 bits per heavy atom. The van der Waals surface area contributed by atoms with Crippen LogP contribution >= 0.6 is 0 Å². The zero-order chi connectivity index (χ0) is 14.4. The Labute approximate surface area is 123 Å². The summed E-state index contributed by atoms with van der Waals surface area (Å²) in [7, 11) is 0. The summed E-state index contributed by atoms with van der Waals surface area (Å²) in [4.78, 5) is 14.1. The van der Waals surface area contributed by atoms with E-state index in [1.54, 1.807) is 0 Å². The number of hydrogen-bond donors (Lipinski definition) is 1. The van der Waals surface area contributed by atoms with Gasteiger partial charge in [-0.05, 0) is 50.4 Å². The van der Waals surface area contributed by atoms with Crippen LogP contribution in [0.4, 0.5) is 4.79 Å². The van der Waals surface area contributed by atoms with Gasteiger partial charge in [0.25, 0.3) is 0 Å². The van der Waals surface area contributed by atoms with Crippen LogP contribution in [0.25, 0.3) is 0 Å². The van der Waals surface area contributed by atoms with Crippen molar-refractivity contribution in [1.82, 2.24) is 10.2 Å². The Morgan fingerprint density at radius 3 is 2.80 bits per heavy atom. The highest BCUT2D eigenvalue weighted by Gasteiger charge is 2.25. The van der Waals surface area contributed by atoms with E-state index in [0.29, 0.717) is 12.0 Å². The Kier molecular flexibility index (Phi) is 6.14. The molecule has 2 amide bonds. The van der Waals surface area contributed by atoms with Gasteiger partial charge in [0.05, 0.1) is 6.10 Å². The molecule has 0 radical (unpaired) electrons. The van der Waals surface area contributed by atoms with E-state index in [-0.39, 0.29) is 6.03 Å². The highest BCUT2D eigenvalue weighted by atomic mass is 16.5. The van der Waals surface area contributed by atoms with E-state index in [9.17, 15) is 4.79 Å². The first-order chi connectivity index (χ1) is 9.66. The third-order valence-corrected chi connectivity index (χ3v) is 4.87. The number of carbonyl (C=O) groups excluding carboxylic acids is 1. The van der Waals surface area contributed by atoms with Gasteiger partial charge in [0.1, 0.15) is 0 Å². The molecule has 4 nitrogen and oxygen atoms in total. The van der Waals surface area contributed by atoms with E-state index in [2.05, 4.69) is 19.2 Å². The fourth-order valence-electron chi connectivity index (χ4n) is 3.12. The molecule has 4 heteroatoms. The first kappa shape index (κ1) is 15.6. The second-order valence-corrected chi connectivity index (χ2v) is 6.55. The van der Waals surface area contributed by atoms with E-state index in [1.165, 1.54) is 19.3 Å². The lowest BCUT2D eigenvalue weighted by molar-refractivity contribution is 0.0102. The Morgan fingerprint density at radius 1 is 1.25 bits per heavy atom. The number of nitrogens with one attached hydrogen (secondary N) is 1. The Balaban J connectivity index is 1.58. The average Bonchev–Trinajstić information content (AvgIpc) is 2.47. The number of likely N-dealkylation sites (tertiary alicyclic amines) is 1. The molecular formula is C16H30N2O2. The lowest BCUT2D eigenvalue weighted by atomic mass is 9.89. The van der Waals surface area contributed by atoms with Crippen LogP contribution in [0.3, 0.4) is 0 Å². The second-order valence-electron chi connectivity index (χ2n) is 6.55. The molecule has 1 N–H and O–H groups in total. The smallest absolute Gasteiger partial charge is 0.317 e. The molecule has 2 aliphatic heterocycles. The van der Waals surface area contributed by atoms with Gasteiger partial charge >= 0.3 is 6.03 Å². The lowest BCUT2D eigenvalue weighted by Gasteiger charge is -2.35. The minimum absolute atomic E-state index is 0.119. The summed E-state index contributed by atoms with van der Waals surface area (Å²) in [5.41, 5.74) is 0. The molecule has 2 aliphatic rings. The number of piperidine rings is 1. The first-order valence-electron chi connectivity index (χ1n) is 8.31. The fourth-order valence-corrected chi connectivity index (χ4v) is 3.12. The summed E-state index contributed by atoms with van der Waals surface area (Å²) in [5.74, 6) is 1.35. The van der Waals surface area contributed by atoms with Gasteiger partial charge < -0.3 is 15.0 Å². The van der Waals surface area contributed by atoms with E-state index in [1.807, 2.05) is 4.90 Å². The van der Waals surface area contributed by atoms with Crippen LogP contribution < -0.4 is 5.32 Å². The van der Waals surface area contributed by atoms with E-state index < -0.39 is 0 Å². The largest absolute Gasteiger partial charge is 0.378 e. The zero-order valence-electron chi connectivity index (χ0n) is 13.1. The van der Waals surface area contributed by atoms with Crippen LogP contribution in [0.5, 0.6) is 0 Å². The molecule has 0 aromatic heterocycles. The number of amides is 2. The maximum Gasteiger partial charge on any atom is 0.317 e. The number of hydrogen-bond acceptors (Lipinski definition) is 2. The third kappa shape index (κ3) is 4.65. The molecule has 0 saturated carbocycles. The molecule has 116 valence electrons. The predicted molar refractivity (Wildman–Crippen MR) is 80.7 cm³/mol. The highest BCUT2D eigenvalue weighted by Crippen LogP contribution is 2.22. The summed E-state index contributed by atoms with van der Waals surface area (Å²) in [6.45, 7) is 8.02. The second kappa shape index (κ2) is 7.87. The van der Waals surface area contributed by atoms with Gasteiger partial charge in [-0.3, -0.25) is 0 Å². The number of carbonyl (C=O) groups is 1. The van der Waals surface area contributed by atoms with Crippen molar-refractivity contribution < 1.29 is 9.53 Å². The van der Waals surface area contributed by atoms with Crippen LogP contribution in [-0.2, 0) is 4.74 Å². The van der Waals surface area contributed by atoms with Crippen LogP contribution in [0.15, 0.2) is 0 Å². The van der Waals surface area contributed by atoms with Crippen molar-refractivity contribution in [2.75, 3.05) is 26.2 Å². The van der Waals surface area contributed by atoms with Gasteiger partial charge in [-0.15, -0.1) is 0 Å². The summed E-state index contributed by atoms with van der Waals surface area (Å²) < 4.78 is 5.70. The number of rotatable bonds is 4. The first-order valence-corrected chi connectivity index (χ1v) is 8.31. The molecular weight excluding hydrogens is 252 g/mol. The quantitative estimate of drug-likeness (QED) is 0.805. The van der Waals surface area contributed by atoms with E-state index in [0.717, 1.165) is 51.4 Å². The van der Waals surface area contributed by atoms with Crippen LogP contribution in [0.1, 0.15) is 52.4 Å². The highest BCUT2D eigenvalue weighted by molar-refractivity contribution is 5.74. The van der Waals surface area contributed by atoms with E-state index in [4.69, 9.17) is 4.74 Å². The van der Waals surface area contributed by atoms with Crippen molar-refractivity contribution in [1.29, 1.82) is 0 Å². The standard InChI is InChI=1S/C16H30N2O2/c1-13-8-10-18(12-14(13)2)16(19)17-9-5-7-15-6-3-4-11-20-15/h13-15H,3-12H2,1-2H3,(H,17,19). The topological polar surface area (TPSA) is 41.6 Å². The molecule has 20 heavy (non-hydrogen) atoms. The maximum absolute atomic E-state index is 12.1. The van der Waals surface area contributed by atoms with Gasteiger partial charge in [0.15, 0.2) is 0 Å². The molecule has 0 aliphatic carbocycles. The van der Waals surface area contributed by atoms with Gasteiger partial charge in [0.2, 0.25) is 0 Å². The normalized spacial score (nSPS) is 31.1. The minimum Gasteiger partial charge on any atom is -0.378 e. The van der Waals surface area contributed by atoms with Crippen molar-refractivity contribution in [3.63, 3.8) is 0 Å². The van der Waals surface area contributed by atoms with Gasteiger partial charge in [0, 0.05) is 26.2 Å². The van der Waals surface area contributed by atoms with Crippen molar-refractivity contribution in [2.24, 2.45) is 11.8 Å². The Hall–Kier alpha value is -0.770. The summed E-state index contributed by atoms with van der Waals surface area (Å²) in [6.07, 6.45) is 7.35. The molecule has 2 heterocycles. The van der Waals surface area contributed by atoms with Crippen molar-refractivity contribution in [2.45, 2.75) is 58.5 Å². The molecule has 2 saturated heterocycles. The molecule has 3 unspecified atom stereocenters. The molecule has 0 bridgehead atoms. The lowest BCUT2D eigenvalue weighted by Crippen LogP contribution is -2.47. The van der Waals surface area contributed by atoms with Crippen LogP contribution in [-0.4, -0.2) is 43.3 Å². The SMILES string of the molecule is CC1CCN(C(=O)NCCCC2CCCCO2)CC1C. The maximum atomic E-state index is 12.1. The summed E-state index contributed by atoms with van der Waals surface area (Å²) in [6, 6.07) is 0.119. The van der Waals surface area contributed by atoms with Crippen LogP contribution in [0.2, 0.25) is 0 Å². The Bertz CT molecular complexity index is 303. The van der Waals surface area contributed by atoms with Crippen molar-refractivity contribution in [3.05, 3.63) is 0 Å². The minimum atomic E-state index is 0.119. The predicted octanol–water partition coefficient (Wildman–Crippen LogP) is 3.02. The number of urea groups is 1. The monoisotopic (exact) mass is 282 g/mol. The molecule has 2 rings (SSSR count). The molecule has 0 spiro atoms. The average molecular weight is 282 g/mol. The van der Waals surface area contributed by atoms with Gasteiger partial charge in [-0.1, -0.05) is 13.8 Å². The van der Waals surface area contributed by atoms with Gasteiger partial charge in [-0.2, -0.15) is 0 Å². The number of ether oxygens (including phenoxy) is 1. The number of nitrogens with zero attached hydrogens (tertiary/aromatic N) is 1. The molecule has 2 fully saturated rings. The zero-order valence-corrected chi connectivity index (χ0v) is 13.1. The van der Waals surface area contributed by atoms with Crippen molar-refractivity contribution in [3.8, 4) is 0 Å². The van der Waals surface area contributed by atoms with Crippen molar-refractivity contribution >= 4 is 6.03 Å².